The van der Waals surface area contributed by atoms with Gasteiger partial charge in [-0.2, -0.15) is 6.08 Å². The summed E-state index contributed by atoms with van der Waals surface area (Å²) >= 11 is 7.55. The molecule has 0 heterocycles. The zero-order valence-electron chi connectivity index (χ0n) is 15.9. The average Bonchev–Trinajstić information content (AvgIpc) is 2.93. The van der Waals surface area contributed by atoms with Gasteiger partial charge < -0.3 is 5.11 Å². The molecule has 0 saturated carbocycles. The van der Waals surface area contributed by atoms with Gasteiger partial charge in [-0.3, -0.25) is 6.08 Å². The van der Waals surface area contributed by atoms with Crippen LogP contribution in [0.2, 0.25) is 24.7 Å². The zero-order chi connectivity index (χ0) is 18.3. The topological polar surface area (TPSA) is 20.2 Å². The van der Waals surface area contributed by atoms with Crippen molar-refractivity contribution in [2.24, 2.45) is 0 Å². The monoisotopic (exact) mass is 455 g/mol. The molecular weight excluding hydrogens is 427 g/mol. The molecule has 1 N–H and O–H groups in total. The van der Waals surface area contributed by atoms with E-state index >= 15 is 0 Å². The van der Waals surface area contributed by atoms with Crippen molar-refractivity contribution >= 4 is 49.3 Å². The molecule has 0 saturated heterocycles. The van der Waals surface area contributed by atoms with Crippen LogP contribution in [-0.2, 0) is 25.4 Å². The molecule has 1 aromatic carbocycles. The SMILES string of the molecule is CC(C)(C)c1cc(O)cc(Cl)c1.C[Si](C)(C)C1=[C-]CC=C1.Cl.Cl.[CH2]=[Ti+]. The van der Waals surface area contributed by atoms with Crippen LogP contribution in [0.3, 0.4) is 0 Å². The summed E-state index contributed by atoms with van der Waals surface area (Å²) in [7, 11) is -1.01. The van der Waals surface area contributed by atoms with Gasteiger partial charge in [-0.25, -0.2) is 11.3 Å². The number of hydrogen-bond donors (Lipinski definition) is 1. The van der Waals surface area contributed by atoms with Crippen molar-refractivity contribution in [2.75, 3.05) is 0 Å². The van der Waals surface area contributed by atoms with Crippen LogP contribution in [0.5, 0.6) is 5.75 Å². The molecule has 0 aliphatic heterocycles. The molecule has 0 unspecified atom stereocenters. The first kappa shape index (κ1) is 29.9. The Balaban J connectivity index is -0.000000336. The number of benzene rings is 1. The quantitative estimate of drug-likeness (QED) is 0.368. The summed E-state index contributed by atoms with van der Waals surface area (Å²) in [6.07, 6.45) is 8.82. The van der Waals surface area contributed by atoms with E-state index in [-0.39, 0.29) is 36.0 Å². The standard InChI is InChI=1S/C10H13ClO.C8H13Si.CH2.2ClH.Ti/c1-10(2,3)7-4-8(11)6-9(12)5-7;1-9(2,3)8-6-4-5-7-8;;;;/h4-6,12H,1-3H3;4,6H,5H2,1-3H3;1H2;2*1H;/q;-1;;;;+1. The van der Waals surface area contributed by atoms with Gasteiger partial charge in [0.1, 0.15) is 5.75 Å². The number of phenols is 1. The number of rotatable bonds is 1. The van der Waals surface area contributed by atoms with Crippen LogP contribution >= 0.6 is 36.4 Å². The zero-order valence-corrected chi connectivity index (χ0v) is 20.9. The van der Waals surface area contributed by atoms with Gasteiger partial charge in [0, 0.05) is 13.1 Å². The Morgan fingerprint density at radius 1 is 1.12 bits per heavy atom. The van der Waals surface area contributed by atoms with Crippen molar-refractivity contribution in [3.63, 3.8) is 0 Å². The van der Waals surface area contributed by atoms with Gasteiger partial charge in [-0.15, -0.1) is 31.2 Å². The van der Waals surface area contributed by atoms with Gasteiger partial charge in [0.25, 0.3) is 0 Å². The van der Waals surface area contributed by atoms with Gasteiger partial charge in [-0.1, -0.05) is 52.0 Å². The Labute approximate surface area is 183 Å². The Morgan fingerprint density at radius 2 is 1.64 bits per heavy atom. The van der Waals surface area contributed by atoms with Gasteiger partial charge in [0.15, 0.2) is 0 Å². The molecule has 0 radical (unpaired) electrons. The number of allylic oxidation sites excluding steroid dienone is 4. The second-order valence-corrected chi connectivity index (χ2v) is 12.9. The first-order valence-corrected chi connectivity index (χ1v) is 12.6. The first-order valence-electron chi connectivity index (χ1n) is 7.63. The summed E-state index contributed by atoms with van der Waals surface area (Å²) in [5.41, 5.74) is 1.08. The summed E-state index contributed by atoms with van der Waals surface area (Å²) in [6, 6.07) is 5.16. The number of phenolic OH excluding ortho intramolecular Hbond substituents is 1. The summed E-state index contributed by atoms with van der Waals surface area (Å²) in [5.74, 6) is 0.229. The number of halogens is 3. The Hall–Kier alpha value is 0.171. The van der Waals surface area contributed by atoms with E-state index in [9.17, 15) is 5.11 Å². The third kappa shape index (κ3) is 12.2. The van der Waals surface area contributed by atoms with E-state index in [0.717, 1.165) is 12.0 Å². The van der Waals surface area contributed by atoms with E-state index in [1.807, 2.05) is 6.07 Å². The summed E-state index contributed by atoms with van der Waals surface area (Å²) in [5, 5.41) is 11.3. The summed E-state index contributed by atoms with van der Waals surface area (Å²) < 4.78 is 0. The van der Waals surface area contributed by atoms with E-state index < -0.39 is 8.07 Å². The van der Waals surface area contributed by atoms with Crippen LogP contribution in [0.25, 0.3) is 0 Å². The Kier molecular flexibility index (Phi) is 16.0. The molecule has 0 amide bonds. The van der Waals surface area contributed by atoms with Crippen molar-refractivity contribution < 1.29 is 25.1 Å². The third-order valence-corrected chi connectivity index (χ3v) is 5.43. The Morgan fingerprint density at radius 3 is 1.92 bits per heavy atom. The van der Waals surface area contributed by atoms with Crippen LogP contribution in [-0.4, -0.2) is 18.0 Å². The van der Waals surface area contributed by atoms with Crippen LogP contribution in [0.1, 0.15) is 32.8 Å². The second kappa shape index (κ2) is 13.4. The minimum atomic E-state index is -1.01. The first-order chi connectivity index (χ1) is 10.5. The van der Waals surface area contributed by atoms with E-state index in [4.69, 9.17) is 11.6 Å². The van der Waals surface area contributed by atoms with Crippen LogP contribution in [0.4, 0.5) is 0 Å². The van der Waals surface area contributed by atoms with Crippen molar-refractivity contribution in [3.8, 4) is 5.75 Å². The second-order valence-electron chi connectivity index (χ2n) is 7.40. The molecule has 0 atom stereocenters. The predicted octanol–water partition coefficient (Wildman–Crippen LogP) is 6.71. The van der Waals surface area contributed by atoms with Gasteiger partial charge in [-0.05, 0) is 29.2 Å². The van der Waals surface area contributed by atoms with E-state index in [0.29, 0.717) is 5.02 Å². The minimum absolute atomic E-state index is 0. The van der Waals surface area contributed by atoms with Gasteiger partial charge in [0.05, 0.1) is 0 Å². The molecule has 0 aromatic heterocycles. The third-order valence-electron chi connectivity index (χ3n) is 3.25. The molecule has 2 rings (SSSR count). The number of aromatic hydroxyl groups is 1. The van der Waals surface area contributed by atoms with Crippen molar-refractivity contribution in [1.82, 2.24) is 0 Å². The summed E-state index contributed by atoms with van der Waals surface area (Å²) in [6.45, 7) is 13.3. The molecular formula is C19H30Cl3OSiTi. The number of hydrogen-bond acceptors (Lipinski definition) is 1. The fourth-order valence-corrected chi connectivity index (χ4v) is 3.41. The maximum absolute atomic E-state index is 9.27. The predicted molar refractivity (Wildman–Crippen MR) is 117 cm³/mol. The summed E-state index contributed by atoms with van der Waals surface area (Å²) in [4.78, 5) is 3.25. The molecule has 1 nitrogen and oxygen atoms in total. The normalized spacial score (nSPS) is 12.4. The molecule has 0 bridgehead atoms. The molecule has 6 heteroatoms. The molecule has 0 spiro atoms. The van der Waals surface area contributed by atoms with Crippen molar-refractivity contribution in [3.05, 3.63) is 52.2 Å². The van der Waals surface area contributed by atoms with E-state index in [1.165, 1.54) is 11.3 Å². The Bertz CT molecular complexity index is 553. The van der Waals surface area contributed by atoms with Gasteiger partial charge in [0.2, 0.25) is 0 Å². The molecule has 1 aliphatic carbocycles. The van der Waals surface area contributed by atoms with E-state index in [2.05, 4.69) is 63.5 Å². The fourth-order valence-electron chi connectivity index (χ4n) is 1.93. The molecule has 1 aliphatic rings. The van der Waals surface area contributed by atoms with Crippen LogP contribution in [0, 0.1) is 6.08 Å². The van der Waals surface area contributed by atoms with Crippen molar-refractivity contribution in [2.45, 2.75) is 52.2 Å². The van der Waals surface area contributed by atoms with Crippen LogP contribution in [0.15, 0.2) is 35.5 Å². The van der Waals surface area contributed by atoms with Gasteiger partial charge >= 0.3 is 24.8 Å². The van der Waals surface area contributed by atoms with Crippen molar-refractivity contribution in [1.29, 1.82) is 0 Å². The fraction of sp³-hybridized carbons (Fsp3) is 0.421. The molecule has 0 fully saturated rings. The molecule has 25 heavy (non-hydrogen) atoms. The maximum atomic E-state index is 9.27. The van der Waals surface area contributed by atoms with E-state index in [1.54, 1.807) is 26.0 Å². The molecule has 141 valence electrons. The average molecular weight is 457 g/mol. The van der Waals surface area contributed by atoms with Crippen LogP contribution < -0.4 is 0 Å². The molecule has 1 aromatic rings.